The summed E-state index contributed by atoms with van der Waals surface area (Å²) in [5, 5.41) is 15.0. The van der Waals surface area contributed by atoms with Gasteiger partial charge in [0.15, 0.2) is 0 Å². The Morgan fingerprint density at radius 2 is 2.00 bits per heavy atom. The van der Waals surface area contributed by atoms with Crippen LogP contribution in [0.4, 0.5) is 0 Å². The highest BCUT2D eigenvalue weighted by molar-refractivity contribution is 5.80. The van der Waals surface area contributed by atoms with Gasteiger partial charge in [-0.05, 0) is 32.6 Å². The molecule has 1 rings (SSSR count). The molecule has 0 bridgehead atoms. The third-order valence-corrected chi connectivity index (χ3v) is 3.55. The number of amidine groups is 1. The van der Waals surface area contributed by atoms with Gasteiger partial charge in [-0.3, -0.25) is 0 Å². The minimum absolute atomic E-state index is 0.271. The summed E-state index contributed by atoms with van der Waals surface area (Å²) in [5.41, 5.74) is 5.49. The first-order valence-electron chi connectivity index (χ1n) is 6.36. The molecule has 2 atom stereocenters. The quantitative estimate of drug-likeness (QED) is 0.291. The van der Waals surface area contributed by atoms with E-state index in [-0.39, 0.29) is 6.04 Å². The lowest BCUT2D eigenvalue weighted by Gasteiger charge is -2.30. The first-order chi connectivity index (χ1) is 7.63. The van der Waals surface area contributed by atoms with E-state index in [1.807, 2.05) is 0 Å². The number of hydrogen-bond acceptors (Lipinski definition) is 3. The largest absolute Gasteiger partial charge is 0.409 e. The zero-order chi connectivity index (χ0) is 12.0. The van der Waals surface area contributed by atoms with Gasteiger partial charge in [-0.2, -0.15) is 0 Å². The zero-order valence-electron chi connectivity index (χ0n) is 10.4. The molecule has 0 aromatic rings. The second-order valence-electron chi connectivity index (χ2n) is 5.05. The van der Waals surface area contributed by atoms with Crippen molar-refractivity contribution in [3.05, 3.63) is 0 Å². The smallest absolute Gasteiger partial charge is 0.140 e. The second kappa shape index (κ2) is 6.74. The Morgan fingerprint density at radius 3 is 2.56 bits per heavy atom. The Balaban J connectivity index is 2.29. The number of nitrogens with zero attached hydrogens (tertiary/aromatic N) is 1. The maximum absolute atomic E-state index is 8.50. The van der Waals surface area contributed by atoms with E-state index in [1.165, 1.54) is 32.1 Å². The lowest BCUT2D eigenvalue weighted by atomic mass is 9.84. The Hall–Kier alpha value is -0.770. The average molecular weight is 227 g/mol. The lowest BCUT2D eigenvalue weighted by molar-refractivity contribution is 0.267. The van der Waals surface area contributed by atoms with Crippen molar-refractivity contribution >= 4 is 5.84 Å². The number of nitrogens with two attached hydrogens (primary N) is 1. The van der Waals surface area contributed by atoms with Crippen LogP contribution in [-0.4, -0.2) is 23.1 Å². The van der Waals surface area contributed by atoms with Crippen molar-refractivity contribution in [1.82, 2.24) is 5.32 Å². The first-order valence-corrected chi connectivity index (χ1v) is 6.36. The molecule has 1 saturated carbocycles. The molecule has 0 aromatic heterocycles. The standard InChI is InChI=1S/C12H25N3O/c1-9(8-12(13)15-16)14-10(2)11-6-4-3-5-7-11/h9-11,14,16H,3-8H2,1-2H3,(H2,13,15)/t9?,10-/m0/s1. The van der Waals surface area contributed by atoms with Gasteiger partial charge in [-0.15, -0.1) is 0 Å². The third-order valence-electron chi connectivity index (χ3n) is 3.55. The van der Waals surface area contributed by atoms with E-state index in [9.17, 15) is 0 Å². The maximum atomic E-state index is 8.50. The van der Waals surface area contributed by atoms with Crippen molar-refractivity contribution in [2.45, 2.75) is 64.5 Å². The molecule has 0 aliphatic heterocycles. The Kier molecular flexibility index (Phi) is 5.60. The highest BCUT2D eigenvalue weighted by Gasteiger charge is 2.21. The molecule has 1 aliphatic carbocycles. The fourth-order valence-corrected chi connectivity index (χ4v) is 2.63. The second-order valence-corrected chi connectivity index (χ2v) is 5.05. The van der Waals surface area contributed by atoms with Crippen LogP contribution in [0.1, 0.15) is 52.4 Å². The molecular weight excluding hydrogens is 202 g/mol. The number of rotatable bonds is 5. The van der Waals surface area contributed by atoms with Crippen LogP contribution in [0.15, 0.2) is 5.16 Å². The highest BCUT2D eigenvalue weighted by Crippen LogP contribution is 2.26. The minimum atomic E-state index is 0.271. The molecule has 0 aromatic carbocycles. The summed E-state index contributed by atoms with van der Waals surface area (Å²) in [6.45, 7) is 4.33. The average Bonchev–Trinajstić information content (AvgIpc) is 2.29. The summed E-state index contributed by atoms with van der Waals surface area (Å²) in [6, 6.07) is 0.801. The van der Waals surface area contributed by atoms with E-state index in [2.05, 4.69) is 24.3 Å². The summed E-state index contributed by atoms with van der Waals surface area (Å²) < 4.78 is 0. The van der Waals surface area contributed by atoms with Crippen molar-refractivity contribution in [3.8, 4) is 0 Å². The van der Waals surface area contributed by atoms with E-state index in [0.29, 0.717) is 18.3 Å². The van der Waals surface area contributed by atoms with E-state index < -0.39 is 0 Å². The molecule has 4 N–H and O–H groups in total. The van der Waals surface area contributed by atoms with Gasteiger partial charge >= 0.3 is 0 Å². The molecule has 0 amide bonds. The van der Waals surface area contributed by atoms with E-state index in [1.54, 1.807) is 0 Å². The van der Waals surface area contributed by atoms with E-state index >= 15 is 0 Å². The molecule has 94 valence electrons. The van der Waals surface area contributed by atoms with Crippen LogP contribution >= 0.6 is 0 Å². The van der Waals surface area contributed by atoms with Crippen molar-refractivity contribution in [1.29, 1.82) is 0 Å². The van der Waals surface area contributed by atoms with Crippen LogP contribution in [0.3, 0.4) is 0 Å². The number of nitrogens with one attached hydrogen (secondary N) is 1. The van der Waals surface area contributed by atoms with Crippen LogP contribution in [0, 0.1) is 5.92 Å². The van der Waals surface area contributed by atoms with Gasteiger partial charge in [0.25, 0.3) is 0 Å². The van der Waals surface area contributed by atoms with Gasteiger partial charge < -0.3 is 16.3 Å². The van der Waals surface area contributed by atoms with E-state index in [4.69, 9.17) is 10.9 Å². The monoisotopic (exact) mass is 227 g/mol. The molecule has 0 radical (unpaired) electrons. The lowest BCUT2D eigenvalue weighted by Crippen LogP contribution is -2.41. The van der Waals surface area contributed by atoms with Crippen LogP contribution < -0.4 is 11.1 Å². The van der Waals surface area contributed by atoms with Crippen LogP contribution in [0.25, 0.3) is 0 Å². The van der Waals surface area contributed by atoms with Gasteiger partial charge in [0.05, 0.1) is 0 Å². The van der Waals surface area contributed by atoms with Crippen molar-refractivity contribution < 1.29 is 5.21 Å². The molecular formula is C12H25N3O. The molecule has 1 aliphatic rings. The predicted octanol–water partition coefficient (Wildman–Crippen LogP) is 2.07. The maximum Gasteiger partial charge on any atom is 0.140 e. The van der Waals surface area contributed by atoms with Crippen molar-refractivity contribution in [2.75, 3.05) is 0 Å². The van der Waals surface area contributed by atoms with Crippen LogP contribution in [0.2, 0.25) is 0 Å². The van der Waals surface area contributed by atoms with Gasteiger partial charge in [0.2, 0.25) is 0 Å². The SMILES string of the molecule is CC(CC(N)=NO)N[C@@H](C)C1CCCCC1. The summed E-state index contributed by atoms with van der Waals surface area (Å²) in [7, 11) is 0. The van der Waals surface area contributed by atoms with Gasteiger partial charge in [-0.1, -0.05) is 24.4 Å². The summed E-state index contributed by atoms with van der Waals surface area (Å²) in [4.78, 5) is 0. The van der Waals surface area contributed by atoms with Gasteiger partial charge in [0, 0.05) is 18.5 Å². The topological polar surface area (TPSA) is 70.6 Å². The third kappa shape index (κ3) is 4.39. The van der Waals surface area contributed by atoms with Crippen LogP contribution in [0.5, 0.6) is 0 Å². The molecule has 16 heavy (non-hydrogen) atoms. The zero-order valence-corrected chi connectivity index (χ0v) is 10.4. The molecule has 0 spiro atoms. The molecule has 0 saturated heterocycles. The normalized spacial score (nSPS) is 23.0. The van der Waals surface area contributed by atoms with Crippen molar-refractivity contribution in [3.63, 3.8) is 0 Å². The Morgan fingerprint density at radius 1 is 1.38 bits per heavy atom. The van der Waals surface area contributed by atoms with Crippen LogP contribution in [-0.2, 0) is 0 Å². The molecule has 4 nitrogen and oxygen atoms in total. The summed E-state index contributed by atoms with van der Waals surface area (Å²) in [5.74, 6) is 1.10. The number of hydrogen-bond donors (Lipinski definition) is 3. The molecule has 1 fully saturated rings. The van der Waals surface area contributed by atoms with Crippen molar-refractivity contribution in [2.24, 2.45) is 16.8 Å². The van der Waals surface area contributed by atoms with Gasteiger partial charge in [0.1, 0.15) is 5.84 Å². The summed E-state index contributed by atoms with van der Waals surface area (Å²) in [6.07, 6.45) is 7.40. The number of oxime groups is 1. The first kappa shape index (κ1) is 13.3. The molecule has 1 unspecified atom stereocenters. The fraction of sp³-hybridized carbons (Fsp3) is 0.917. The van der Waals surface area contributed by atoms with E-state index in [0.717, 1.165) is 5.92 Å². The minimum Gasteiger partial charge on any atom is -0.409 e. The Labute approximate surface area is 98.3 Å². The fourth-order valence-electron chi connectivity index (χ4n) is 2.63. The molecule has 0 heterocycles. The Bertz CT molecular complexity index is 224. The molecule has 4 heteroatoms. The highest BCUT2D eigenvalue weighted by atomic mass is 16.4. The summed E-state index contributed by atoms with van der Waals surface area (Å²) >= 11 is 0. The van der Waals surface area contributed by atoms with Gasteiger partial charge in [-0.25, -0.2) is 0 Å². The predicted molar refractivity (Wildman–Crippen MR) is 66.7 cm³/mol.